The molecule has 11 heteroatoms. The zero-order chi connectivity index (χ0) is 16.9. The quantitative estimate of drug-likeness (QED) is 0.723. The molecule has 0 aliphatic carbocycles. The standard InChI is InChI=1S/C12H16N6O3S2/c1-12(15-17-18-16-12)22-8-2-3-11(19)14-9-4-6-10(7-5-9)23(13,20)21/h4-7H,2-3,8H2,1H3,(H,14,19)(H2,13,20,21). The summed E-state index contributed by atoms with van der Waals surface area (Å²) in [5.74, 6) is 0.528. The summed E-state index contributed by atoms with van der Waals surface area (Å²) in [5.41, 5.74) is 0.514. The van der Waals surface area contributed by atoms with E-state index in [1.165, 1.54) is 36.0 Å². The highest BCUT2D eigenvalue weighted by Gasteiger charge is 2.26. The molecule has 9 nitrogen and oxygen atoms in total. The van der Waals surface area contributed by atoms with E-state index in [0.717, 1.165) is 0 Å². The van der Waals surface area contributed by atoms with Gasteiger partial charge in [0, 0.05) is 12.1 Å². The van der Waals surface area contributed by atoms with Crippen LogP contribution in [0.2, 0.25) is 0 Å². The van der Waals surface area contributed by atoms with Crippen LogP contribution in [0, 0.1) is 0 Å². The molecule has 0 spiro atoms. The summed E-state index contributed by atoms with van der Waals surface area (Å²) >= 11 is 1.46. The van der Waals surface area contributed by atoms with E-state index < -0.39 is 15.0 Å². The molecule has 124 valence electrons. The molecule has 23 heavy (non-hydrogen) atoms. The number of carbonyl (C=O) groups is 1. The van der Waals surface area contributed by atoms with E-state index >= 15 is 0 Å². The van der Waals surface area contributed by atoms with Crippen LogP contribution < -0.4 is 10.5 Å². The highest BCUT2D eigenvalue weighted by molar-refractivity contribution is 8.00. The summed E-state index contributed by atoms with van der Waals surface area (Å²) < 4.78 is 22.3. The van der Waals surface area contributed by atoms with Crippen LogP contribution in [0.1, 0.15) is 19.8 Å². The molecule has 1 aromatic rings. The van der Waals surface area contributed by atoms with Crippen LogP contribution >= 0.6 is 11.8 Å². The van der Waals surface area contributed by atoms with Crippen molar-refractivity contribution in [2.75, 3.05) is 11.1 Å². The molecule has 1 amide bonds. The first-order chi connectivity index (χ1) is 10.8. The largest absolute Gasteiger partial charge is 0.326 e. The Labute approximate surface area is 137 Å². The molecule has 1 aromatic carbocycles. The van der Waals surface area contributed by atoms with Gasteiger partial charge in [-0.1, -0.05) is 0 Å². The highest BCUT2D eigenvalue weighted by Crippen LogP contribution is 2.32. The van der Waals surface area contributed by atoms with Gasteiger partial charge in [-0.15, -0.1) is 22.0 Å². The molecule has 0 bridgehead atoms. The second-order valence-electron chi connectivity index (χ2n) is 4.88. The Hall–Kier alpha value is -1.85. The fourth-order valence-corrected chi connectivity index (χ4v) is 3.11. The monoisotopic (exact) mass is 356 g/mol. The second kappa shape index (κ2) is 7.15. The molecule has 3 N–H and O–H groups in total. The summed E-state index contributed by atoms with van der Waals surface area (Å²) in [5, 5.41) is 22.4. The van der Waals surface area contributed by atoms with Crippen LogP contribution in [0.15, 0.2) is 49.8 Å². The minimum atomic E-state index is -3.73. The van der Waals surface area contributed by atoms with Crippen LogP contribution in [0.4, 0.5) is 5.69 Å². The number of thioether (sulfide) groups is 1. The highest BCUT2D eigenvalue weighted by atomic mass is 32.2. The van der Waals surface area contributed by atoms with Crippen LogP contribution in [0.25, 0.3) is 0 Å². The SMILES string of the molecule is CC1(SCCCC(=O)Nc2ccc(S(N)(=O)=O)cc2)N=NN=N1. The number of primary sulfonamides is 1. The molecule has 0 aromatic heterocycles. The molecular weight excluding hydrogens is 340 g/mol. The minimum Gasteiger partial charge on any atom is -0.326 e. The van der Waals surface area contributed by atoms with Gasteiger partial charge in [0.2, 0.25) is 20.9 Å². The predicted molar refractivity (Wildman–Crippen MR) is 86.3 cm³/mol. The Bertz CT molecular complexity index is 718. The van der Waals surface area contributed by atoms with Gasteiger partial charge in [0.25, 0.3) is 0 Å². The number of benzene rings is 1. The maximum Gasteiger partial charge on any atom is 0.238 e. The lowest BCUT2D eigenvalue weighted by atomic mass is 10.3. The molecule has 0 saturated heterocycles. The second-order valence-corrected chi connectivity index (χ2v) is 7.91. The lowest BCUT2D eigenvalue weighted by Crippen LogP contribution is -2.14. The predicted octanol–water partition coefficient (Wildman–Crippen LogP) is 2.29. The number of hydrogen-bond acceptors (Lipinski definition) is 8. The maximum absolute atomic E-state index is 11.8. The number of carbonyl (C=O) groups excluding carboxylic acids is 1. The zero-order valence-electron chi connectivity index (χ0n) is 12.3. The number of nitrogens with one attached hydrogen (secondary N) is 1. The first kappa shape index (κ1) is 17.5. The van der Waals surface area contributed by atoms with Crippen LogP contribution in [0.5, 0.6) is 0 Å². The molecule has 0 radical (unpaired) electrons. The van der Waals surface area contributed by atoms with Gasteiger partial charge < -0.3 is 5.32 Å². The number of anilines is 1. The van der Waals surface area contributed by atoms with Gasteiger partial charge >= 0.3 is 0 Å². The van der Waals surface area contributed by atoms with Crippen molar-refractivity contribution in [2.24, 2.45) is 25.8 Å². The third-order valence-corrected chi connectivity index (χ3v) is 5.02. The molecule has 0 fully saturated rings. The van der Waals surface area contributed by atoms with Crippen LogP contribution in [0.3, 0.4) is 0 Å². The van der Waals surface area contributed by atoms with E-state index in [1.807, 2.05) is 0 Å². The van der Waals surface area contributed by atoms with Crippen LogP contribution in [-0.4, -0.2) is 25.1 Å². The number of nitrogens with zero attached hydrogens (tertiary/aromatic N) is 4. The maximum atomic E-state index is 11.8. The van der Waals surface area contributed by atoms with Crippen molar-refractivity contribution in [1.29, 1.82) is 0 Å². The van der Waals surface area contributed by atoms with Gasteiger partial charge in [-0.3, -0.25) is 4.79 Å². The van der Waals surface area contributed by atoms with Crippen molar-refractivity contribution >= 4 is 33.4 Å². The van der Waals surface area contributed by atoms with E-state index in [1.54, 1.807) is 6.92 Å². The summed E-state index contributed by atoms with van der Waals surface area (Å²) in [6.45, 7) is 1.80. The van der Waals surface area contributed by atoms with E-state index in [9.17, 15) is 13.2 Å². The van der Waals surface area contributed by atoms with Gasteiger partial charge in [0.05, 0.1) is 4.90 Å². The summed E-state index contributed by atoms with van der Waals surface area (Å²) in [4.78, 5) is 11.1. The first-order valence-electron chi connectivity index (χ1n) is 6.69. The lowest BCUT2D eigenvalue weighted by Gasteiger charge is -2.12. The summed E-state index contributed by atoms with van der Waals surface area (Å²) in [7, 11) is -3.73. The topological polar surface area (TPSA) is 139 Å². The lowest BCUT2D eigenvalue weighted by molar-refractivity contribution is -0.116. The third kappa shape index (κ3) is 5.37. The van der Waals surface area contributed by atoms with Gasteiger partial charge in [-0.2, -0.15) is 0 Å². The van der Waals surface area contributed by atoms with E-state index in [0.29, 0.717) is 24.3 Å². The average Bonchev–Trinajstić information content (AvgIpc) is 2.90. The third-order valence-electron chi connectivity index (χ3n) is 2.89. The molecule has 0 saturated carbocycles. The molecule has 1 aliphatic heterocycles. The van der Waals surface area contributed by atoms with E-state index in [2.05, 4.69) is 26.0 Å². The summed E-state index contributed by atoms with van der Waals surface area (Å²) in [6, 6.07) is 5.68. The van der Waals surface area contributed by atoms with Crippen molar-refractivity contribution in [1.82, 2.24) is 0 Å². The Morgan fingerprint density at radius 2 is 1.87 bits per heavy atom. The van der Waals surface area contributed by atoms with Gasteiger partial charge in [0.15, 0.2) is 0 Å². The van der Waals surface area contributed by atoms with Crippen molar-refractivity contribution in [3.8, 4) is 0 Å². The van der Waals surface area contributed by atoms with Gasteiger partial charge in [-0.25, -0.2) is 13.6 Å². The Kier molecular flexibility index (Phi) is 5.44. The smallest absolute Gasteiger partial charge is 0.238 e. The molecule has 0 atom stereocenters. The van der Waals surface area contributed by atoms with Gasteiger partial charge in [0.1, 0.15) is 0 Å². The van der Waals surface area contributed by atoms with E-state index in [-0.39, 0.29) is 10.8 Å². The minimum absolute atomic E-state index is 0.0000322. The van der Waals surface area contributed by atoms with Crippen molar-refractivity contribution in [3.63, 3.8) is 0 Å². The van der Waals surface area contributed by atoms with Crippen molar-refractivity contribution < 1.29 is 13.2 Å². The van der Waals surface area contributed by atoms with Crippen molar-refractivity contribution in [2.45, 2.75) is 29.7 Å². The number of hydrogen-bond donors (Lipinski definition) is 2. The Morgan fingerprint density at radius 3 is 2.43 bits per heavy atom. The average molecular weight is 356 g/mol. The number of nitrogens with two attached hydrogens (primary N) is 1. The molecule has 2 rings (SSSR count). The first-order valence-corrected chi connectivity index (χ1v) is 9.22. The van der Waals surface area contributed by atoms with Crippen LogP contribution in [-0.2, 0) is 14.8 Å². The number of sulfonamides is 1. The van der Waals surface area contributed by atoms with Crippen molar-refractivity contribution in [3.05, 3.63) is 24.3 Å². The number of amides is 1. The zero-order valence-corrected chi connectivity index (χ0v) is 14.0. The number of rotatable bonds is 7. The fourth-order valence-electron chi connectivity index (χ4n) is 1.73. The summed E-state index contributed by atoms with van der Waals surface area (Å²) in [6.07, 6.45) is 0.973. The fraction of sp³-hybridized carbons (Fsp3) is 0.417. The Balaban J connectivity index is 1.74. The normalized spacial score (nSPS) is 15.7. The molecular formula is C12H16N6O3S2. The molecule has 1 aliphatic rings. The Morgan fingerprint density at radius 1 is 1.26 bits per heavy atom. The van der Waals surface area contributed by atoms with Gasteiger partial charge in [-0.05, 0) is 53.8 Å². The molecule has 1 heterocycles. The molecule has 0 unspecified atom stereocenters. The van der Waals surface area contributed by atoms with E-state index in [4.69, 9.17) is 5.14 Å².